The molecule has 5 heteroatoms. The summed E-state index contributed by atoms with van der Waals surface area (Å²) in [5, 5.41) is 9.07. The third-order valence-corrected chi connectivity index (χ3v) is 3.57. The topological polar surface area (TPSA) is 66.8 Å². The number of benzene rings is 1. The zero-order valence-electron chi connectivity index (χ0n) is 11.8. The molecule has 5 nitrogen and oxygen atoms in total. The van der Waals surface area contributed by atoms with Gasteiger partial charge in [0.25, 0.3) is 5.91 Å². The Balaban J connectivity index is 2.26. The van der Waals surface area contributed by atoms with E-state index in [0.29, 0.717) is 18.7 Å². The van der Waals surface area contributed by atoms with Crippen LogP contribution in [-0.2, 0) is 4.74 Å². The Bertz CT molecular complexity index is 527. The van der Waals surface area contributed by atoms with E-state index < -0.39 is 5.97 Å². The van der Waals surface area contributed by atoms with Crippen molar-refractivity contribution in [1.29, 1.82) is 0 Å². The Morgan fingerprint density at radius 1 is 1.35 bits per heavy atom. The second-order valence-electron chi connectivity index (χ2n) is 5.14. The third kappa shape index (κ3) is 2.99. The van der Waals surface area contributed by atoms with E-state index in [1.807, 2.05) is 0 Å². The van der Waals surface area contributed by atoms with Gasteiger partial charge in [-0.1, -0.05) is 0 Å². The number of rotatable bonds is 4. The number of carboxylic acid groups (broad SMARTS) is 1. The molecular formula is C15H19NO4. The summed E-state index contributed by atoms with van der Waals surface area (Å²) in [5.74, 6) is -1.13. The lowest BCUT2D eigenvalue weighted by molar-refractivity contribution is 0.0630. The van der Waals surface area contributed by atoms with Gasteiger partial charge < -0.3 is 14.7 Å². The summed E-state index contributed by atoms with van der Waals surface area (Å²) in [6, 6.07) is 4.83. The molecule has 0 aliphatic carbocycles. The highest BCUT2D eigenvalue weighted by atomic mass is 16.5. The largest absolute Gasteiger partial charge is 0.478 e. The van der Waals surface area contributed by atoms with Gasteiger partial charge >= 0.3 is 5.97 Å². The Kier molecular flexibility index (Phi) is 4.39. The molecule has 1 aliphatic heterocycles. The molecule has 1 N–H and O–H groups in total. The molecule has 0 radical (unpaired) electrons. The number of hydrogen-bond donors (Lipinski definition) is 1. The van der Waals surface area contributed by atoms with Crippen LogP contribution in [0.2, 0.25) is 0 Å². The van der Waals surface area contributed by atoms with Crippen LogP contribution in [0.25, 0.3) is 0 Å². The number of aryl methyl sites for hydroxylation is 1. The van der Waals surface area contributed by atoms with Crippen LogP contribution in [0.1, 0.15) is 39.1 Å². The van der Waals surface area contributed by atoms with Crippen LogP contribution in [0, 0.1) is 6.92 Å². The third-order valence-electron chi connectivity index (χ3n) is 3.57. The molecule has 0 aromatic heterocycles. The Morgan fingerprint density at radius 2 is 2.05 bits per heavy atom. The van der Waals surface area contributed by atoms with Crippen LogP contribution in [0.4, 0.5) is 0 Å². The van der Waals surface area contributed by atoms with Gasteiger partial charge in [0, 0.05) is 19.2 Å². The van der Waals surface area contributed by atoms with Gasteiger partial charge in [-0.25, -0.2) is 4.79 Å². The maximum absolute atomic E-state index is 12.5. The minimum Gasteiger partial charge on any atom is -0.478 e. The van der Waals surface area contributed by atoms with Crippen LogP contribution in [0.5, 0.6) is 0 Å². The standard InChI is InChI=1S/C15H19NO4/c1-10-6-11(8-12(7-10)15(18)19)14(17)16-5-3-4-13(16)9-20-2/h6-8,13H,3-5,9H2,1-2H3,(H,18,19). The van der Waals surface area contributed by atoms with Gasteiger partial charge in [0.1, 0.15) is 0 Å². The van der Waals surface area contributed by atoms with Crippen LogP contribution < -0.4 is 0 Å². The van der Waals surface area contributed by atoms with Crippen molar-refractivity contribution in [3.05, 3.63) is 34.9 Å². The van der Waals surface area contributed by atoms with E-state index >= 15 is 0 Å². The number of aromatic carboxylic acids is 1. The molecule has 0 spiro atoms. The molecule has 1 aromatic carbocycles. The van der Waals surface area contributed by atoms with E-state index in [1.54, 1.807) is 31.1 Å². The highest BCUT2D eigenvalue weighted by molar-refractivity contribution is 5.98. The second kappa shape index (κ2) is 6.05. The van der Waals surface area contributed by atoms with Gasteiger partial charge in [-0.2, -0.15) is 0 Å². The number of ether oxygens (including phenoxy) is 1. The summed E-state index contributed by atoms with van der Waals surface area (Å²) in [4.78, 5) is 25.4. The van der Waals surface area contributed by atoms with Gasteiger partial charge in [0.2, 0.25) is 0 Å². The molecule has 1 fully saturated rings. The smallest absolute Gasteiger partial charge is 0.335 e. The van der Waals surface area contributed by atoms with E-state index in [9.17, 15) is 9.59 Å². The lowest BCUT2D eigenvalue weighted by Crippen LogP contribution is -2.38. The first-order chi connectivity index (χ1) is 9.52. The van der Waals surface area contributed by atoms with Crippen LogP contribution in [0.15, 0.2) is 18.2 Å². The van der Waals surface area contributed by atoms with E-state index in [2.05, 4.69) is 0 Å². The van der Waals surface area contributed by atoms with Crippen LogP contribution in [-0.4, -0.2) is 48.2 Å². The molecule has 20 heavy (non-hydrogen) atoms. The molecule has 1 saturated heterocycles. The number of likely N-dealkylation sites (tertiary alicyclic amines) is 1. The minimum atomic E-state index is -1.02. The van der Waals surface area contributed by atoms with Crippen LogP contribution >= 0.6 is 0 Å². The highest BCUT2D eigenvalue weighted by Gasteiger charge is 2.29. The predicted octanol–water partition coefficient (Wildman–Crippen LogP) is 1.94. The number of carboxylic acids is 1. The van der Waals surface area contributed by atoms with Gasteiger partial charge in [0.05, 0.1) is 18.2 Å². The summed E-state index contributed by atoms with van der Waals surface area (Å²) >= 11 is 0. The van der Waals surface area contributed by atoms with Crippen molar-refractivity contribution in [2.24, 2.45) is 0 Å². The van der Waals surface area contributed by atoms with Crippen molar-refractivity contribution >= 4 is 11.9 Å². The van der Waals surface area contributed by atoms with Gasteiger partial charge in [0.15, 0.2) is 0 Å². The fraction of sp³-hybridized carbons (Fsp3) is 0.467. The van der Waals surface area contributed by atoms with E-state index in [-0.39, 0.29) is 17.5 Å². The first kappa shape index (κ1) is 14.5. The lowest BCUT2D eigenvalue weighted by atomic mass is 10.1. The number of amides is 1. The Labute approximate surface area is 118 Å². The highest BCUT2D eigenvalue weighted by Crippen LogP contribution is 2.21. The summed E-state index contributed by atoms with van der Waals surface area (Å²) in [6.07, 6.45) is 1.88. The first-order valence-electron chi connectivity index (χ1n) is 6.68. The predicted molar refractivity (Wildman–Crippen MR) is 74.1 cm³/mol. The molecule has 1 aliphatic rings. The SMILES string of the molecule is COCC1CCCN1C(=O)c1cc(C)cc(C(=O)O)c1. The quantitative estimate of drug-likeness (QED) is 0.913. The number of nitrogens with zero attached hydrogens (tertiary/aromatic N) is 1. The Hall–Kier alpha value is -1.88. The Morgan fingerprint density at radius 3 is 2.70 bits per heavy atom. The molecule has 1 unspecified atom stereocenters. The molecule has 108 valence electrons. The summed E-state index contributed by atoms with van der Waals surface area (Å²) in [7, 11) is 1.62. The van der Waals surface area contributed by atoms with Crippen molar-refractivity contribution in [1.82, 2.24) is 4.90 Å². The van der Waals surface area contributed by atoms with Crippen molar-refractivity contribution in [3.63, 3.8) is 0 Å². The average molecular weight is 277 g/mol. The number of carbonyl (C=O) groups is 2. The van der Waals surface area contributed by atoms with E-state index in [0.717, 1.165) is 18.4 Å². The number of hydrogen-bond acceptors (Lipinski definition) is 3. The summed E-state index contributed by atoms with van der Waals surface area (Å²) in [6.45, 7) is 3.01. The fourth-order valence-corrected chi connectivity index (χ4v) is 2.66. The molecule has 0 bridgehead atoms. The first-order valence-corrected chi connectivity index (χ1v) is 6.68. The van der Waals surface area contributed by atoms with Crippen molar-refractivity contribution < 1.29 is 19.4 Å². The maximum atomic E-state index is 12.5. The monoisotopic (exact) mass is 277 g/mol. The van der Waals surface area contributed by atoms with Crippen molar-refractivity contribution in [2.45, 2.75) is 25.8 Å². The molecule has 0 saturated carbocycles. The van der Waals surface area contributed by atoms with Gasteiger partial charge in [-0.3, -0.25) is 4.79 Å². The zero-order valence-corrected chi connectivity index (χ0v) is 11.8. The van der Waals surface area contributed by atoms with Crippen LogP contribution in [0.3, 0.4) is 0 Å². The minimum absolute atomic E-state index is 0.0845. The molecule has 1 heterocycles. The average Bonchev–Trinajstić information content (AvgIpc) is 2.85. The van der Waals surface area contributed by atoms with Gasteiger partial charge in [-0.15, -0.1) is 0 Å². The molecule has 2 rings (SSSR count). The van der Waals surface area contributed by atoms with Crippen molar-refractivity contribution in [2.75, 3.05) is 20.3 Å². The lowest BCUT2D eigenvalue weighted by Gasteiger charge is -2.24. The summed E-state index contributed by atoms with van der Waals surface area (Å²) < 4.78 is 5.14. The molecule has 1 aromatic rings. The van der Waals surface area contributed by atoms with E-state index in [1.165, 1.54) is 6.07 Å². The summed E-state index contributed by atoms with van der Waals surface area (Å²) in [5.41, 5.74) is 1.36. The fourth-order valence-electron chi connectivity index (χ4n) is 2.66. The van der Waals surface area contributed by atoms with Crippen molar-refractivity contribution in [3.8, 4) is 0 Å². The number of carbonyl (C=O) groups excluding carboxylic acids is 1. The second-order valence-corrected chi connectivity index (χ2v) is 5.14. The number of methoxy groups -OCH3 is 1. The molecular weight excluding hydrogens is 258 g/mol. The van der Waals surface area contributed by atoms with Gasteiger partial charge in [-0.05, 0) is 43.5 Å². The maximum Gasteiger partial charge on any atom is 0.335 e. The van der Waals surface area contributed by atoms with E-state index in [4.69, 9.17) is 9.84 Å². The normalized spacial score (nSPS) is 18.3. The molecule has 1 atom stereocenters. The zero-order chi connectivity index (χ0) is 14.7. The molecule has 1 amide bonds.